The summed E-state index contributed by atoms with van der Waals surface area (Å²) < 4.78 is 5.44. The van der Waals surface area contributed by atoms with Crippen molar-refractivity contribution >= 4 is 0 Å². The van der Waals surface area contributed by atoms with Crippen molar-refractivity contribution in [2.24, 2.45) is 0 Å². The Balaban J connectivity index is 2.16. The van der Waals surface area contributed by atoms with E-state index >= 15 is 0 Å². The molecule has 0 aromatic heterocycles. The Morgan fingerprint density at radius 2 is 2.19 bits per heavy atom. The van der Waals surface area contributed by atoms with Gasteiger partial charge in [-0.2, -0.15) is 0 Å². The molecule has 1 aliphatic rings. The summed E-state index contributed by atoms with van der Waals surface area (Å²) in [5.41, 5.74) is 0.254. The lowest BCUT2D eigenvalue weighted by atomic mass is 10.0. The molecule has 0 spiro atoms. The van der Waals surface area contributed by atoms with Crippen molar-refractivity contribution in [2.45, 2.75) is 58.1 Å². The topological polar surface area (TPSA) is 32.7 Å². The SMILES string of the molecule is CCCCOCC(O)CN1CCCC1(C)C. The number of ether oxygens (including phenoxy) is 1. The lowest BCUT2D eigenvalue weighted by Gasteiger charge is -2.33. The molecule has 0 aliphatic carbocycles. The Kier molecular flexibility index (Phi) is 5.73. The molecule has 1 N–H and O–H groups in total. The van der Waals surface area contributed by atoms with Gasteiger partial charge in [-0.3, -0.25) is 4.90 Å². The van der Waals surface area contributed by atoms with Crippen molar-refractivity contribution in [3.05, 3.63) is 0 Å². The molecule has 96 valence electrons. The monoisotopic (exact) mass is 229 g/mol. The minimum Gasteiger partial charge on any atom is -0.389 e. The highest BCUT2D eigenvalue weighted by Crippen LogP contribution is 2.27. The van der Waals surface area contributed by atoms with E-state index in [9.17, 15) is 5.11 Å². The van der Waals surface area contributed by atoms with Crippen LogP contribution in [0.2, 0.25) is 0 Å². The molecule has 3 heteroatoms. The summed E-state index contributed by atoms with van der Waals surface area (Å²) in [5, 5.41) is 9.87. The molecule has 1 saturated heterocycles. The summed E-state index contributed by atoms with van der Waals surface area (Å²) >= 11 is 0. The van der Waals surface area contributed by atoms with Gasteiger partial charge in [0.1, 0.15) is 0 Å². The Hall–Kier alpha value is -0.120. The molecule has 0 bridgehead atoms. The highest BCUT2D eigenvalue weighted by Gasteiger charge is 2.32. The van der Waals surface area contributed by atoms with Gasteiger partial charge in [0.25, 0.3) is 0 Å². The molecule has 0 saturated carbocycles. The van der Waals surface area contributed by atoms with Gasteiger partial charge in [-0.1, -0.05) is 13.3 Å². The third kappa shape index (κ3) is 4.40. The van der Waals surface area contributed by atoms with Crippen molar-refractivity contribution in [1.29, 1.82) is 0 Å². The van der Waals surface area contributed by atoms with E-state index in [1.54, 1.807) is 0 Å². The van der Waals surface area contributed by atoms with E-state index in [0.717, 1.165) is 32.5 Å². The number of nitrogens with zero attached hydrogens (tertiary/aromatic N) is 1. The molecular formula is C13H27NO2. The lowest BCUT2D eigenvalue weighted by Crippen LogP contribution is -2.43. The van der Waals surface area contributed by atoms with E-state index < -0.39 is 0 Å². The molecular weight excluding hydrogens is 202 g/mol. The summed E-state index contributed by atoms with van der Waals surface area (Å²) in [4.78, 5) is 2.38. The second kappa shape index (κ2) is 6.58. The van der Waals surface area contributed by atoms with Crippen LogP contribution in [0, 0.1) is 0 Å². The third-order valence-corrected chi connectivity index (χ3v) is 3.46. The van der Waals surface area contributed by atoms with Crippen LogP contribution in [-0.2, 0) is 4.74 Å². The molecule has 0 amide bonds. The molecule has 0 aromatic rings. The van der Waals surface area contributed by atoms with E-state index in [2.05, 4.69) is 25.7 Å². The molecule has 16 heavy (non-hydrogen) atoms. The van der Waals surface area contributed by atoms with Crippen molar-refractivity contribution in [1.82, 2.24) is 4.90 Å². The zero-order chi connectivity index (χ0) is 12.0. The summed E-state index contributed by atoms with van der Waals surface area (Å²) in [7, 11) is 0. The molecule has 1 rings (SSSR count). The predicted octanol–water partition coefficient (Wildman–Crippen LogP) is 2.04. The van der Waals surface area contributed by atoms with Crippen molar-refractivity contribution in [3.8, 4) is 0 Å². The summed E-state index contributed by atoms with van der Waals surface area (Å²) in [6.45, 7) is 9.77. The van der Waals surface area contributed by atoms with Gasteiger partial charge in [0.15, 0.2) is 0 Å². The van der Waals surface area contributed by atoms with Crippen LogP contribution in [0.1, 0.15) is 46.5 Å². The minimum absolute atomic E-state index is 0.254. The second-order valence-electron chi connectivity index (χ2n) is 5.44. The van der Waals surface area contributed by atoms with E-state index in [1.807, 2.05) is 0 Å². The van der Waals surface area contributed by atoms with Crippen molar-refractivity contribution in [3.63, 3.8) is 0 Å². The van der Waals surface area contributed by atoms with Crippen LogP contribution in [0.3, 0.4) is 0 Å². The molecule has 1 fully saturated rings. The average Bonchev–Trinajstić information content (AvgIpc) is 2.53. The number of unbranched alkanes of at least 4 members (excludes halogenated alkanes) is 1. The minimum atomic E-state index is -0.339. The summed E-state index contributed by atoms with van der Waals surface area (Å²) in [6.07, 6.45) is 4.37. The molecule has 1 aliphatic heterocycles. The fraction of sp³-hybridized carbons (Fsp3) is 1.00. The van der Waals surface area contributed by atoms with Gasteiger partial charge in [0.2, 0.25) is 0 Å². The first-order valence-electron chi connectivity index (χ1n) is 6.57. The Morgan fingerprint density at radius 3 is 2.75 bits per heavy atom. The Bertz CT molecular complexity index is 194. The summed E-state index contributed by atoms with van der Waals surface area (Å²) in [5.74, 6) is 0. The van der Waals surface area contributed by atoms with Crippen molar-refractivity contribution < 1.29 is 9.84 Å². The summed E-state index contributed by atoms with van der Waals surface area (Å²) in [6, 6.07) is 0. The number of likely N-dealkylation sites (tertiary alicyclic amines) is 1. The van der Waals surface area contributed by atoms with Crippen LogP contribution in [0.15, 0.2) is 0 Å². The number of rotatable bonds is 7. The number of aliphatic hydroxyl groups excluding tert-OH is 1. The highest BCUT2D eigenvalue weighted by atomic mass is 16.5. The maximum Gasteiger partial charge on any atom is 0.0900 e. The Labute approximate surface area is 99.8 Å². The van der Waals surface area contributed by atoms with E-state index in [4.69, 9.17) is 4.74 Å². The number of hydrogen-bond acceptors (Lipinski definition) is 3. The van der Waals surface area contributed by atoms with E-state index in [-0.39, 0.29) is 11.6 Å². The molecule has 3 nitrogen and oxygen atoms in total. The Morgan fingerprint density at radius 1 is 1.44 bits per heavy atom. The average molecular weight is 229 g/mol. The largest absolute Gasteiger partial charge is 0.389 e. The van der Waals surface area contributed by atoms with E-state index in [1.165, 1.54) is 12.8 Å². The number of hydrogen-bond donors (Lipinski definition) is 1. The van der Waals surface area contributed by atoms with Gasteiger partial charge >= 0.3 is 0 Å². The van der Waals surface area contributed by atoms with Gasteiger partial charge in [-0.15, -0.1) is 0 Å². The molecule has 1 unspecified atom stereocenters. The molecule has 0 aromatic carbocycles. The van der Waals surface area contributed by atoms with Gasteiger partial charge in [-0.25, -0.2) is 0 Å². The van der Waals surface area contributed by atoms with Gasteiger partial charge in [0, 0.05) is 18.7 Å². The van der Waals surface area contributed by atoms with Crippen LogP contribution in [0.4, 0.5) is 0 Å². The fourth-order valence-electron chi connectivity index (χ4n) is 2.27. The number of β-amino-alcohol motifs (C(OH)–C–C–N with tert-alkyl or cyclic N) is 1. The maximum atomic E-state index is 9.87. The van der Waals surface area contributed by atoms with Crippen LogP contribution < -0.4 is 0 Å². The second-order valence-corrected chi connectivity index (χ2v) is 5.44. The van der Waals surface area contributed by atoms with E-state index in [0.29, 0.717) is 6.61 Å². The molecule has 1 atom stereocenters. The maximum absolute atomic E-state index is 9.87. The normalized spacial score (nSPS) is 22.5. The zero-order valence-electron chi connectivity index (χ0n) is 11.0. The molecule has 0 radical (unpaired) electrons. The third-order valence-electron chi connectivity index (χ3n) is 3.46. The smallest absolute Gasteiger partial charge is 0.0900 e. The first kappa shape index (κ1) is 13.9. The lowest BCUT2D eigenvalue weighted by molar-refractivity contribution is 0.00475. The highest BCUT2D eigenvalue weighted by molar-refractivity contribution is 4.88. The number of aliphatic hydroxyl groups is 1. The van der Waals surface area contributed by atoms with Gasteiger partial charge < -0.3 is 9.84 Å². The van der Waals surface area contributed by atoms with Crippen molar-refractivity contribution in [2.75, 3.05) is 26.3 Å². The molecule has 1 heterocycles. The fourth-order valence-corrected chi connectivity index (χ4v) is 2.27. The first-order valence-corrected chi connectivity index (χ1v) is 6.57. The van der Waals surface area contributed by atoms with Crippen LogP contribution in [-0.4, -0.2) is 48.0 Å². The van der Waals surface area contributed by atoms with Crippen LogP contribution in [0.5, 0.6) is 0 Å². The zero-order valence-corrected chi connectivity index (χ0v) is 11.0. The standard InChI is InChI=1S/C13H27NO2/c1-4-5-9-16-11-12(15)10-14-8-6-7-13(14,2)3/h12,15H,4-11H2,1-3H3. The quantitative estimate of drug-likeness (QED) is 0.678. The van der Waals surface area contributed by atoms with Crippen LogP contribution >= 0.6 is 0 Å². The predicted molar refractivity (Wildman–Crippen MR) is 66.6 cm³/mol. The first-order chi connectivity index (χ1) is 7.56. The van der Waals surface area contributed by atoms with Gasteiger partial charge in [0.05, 0.1) is 12.7 Å². The van der Waals surface area contributed by atoms with Crippen LogP contribution in [0.25, 0.3) is 0 Å². The van der Waals surface area contributed by atoms with Gasteiger partial charge in [-0.05, 0) is 39.7 Å².